The lowest BCUT2D eigenvalue weighted by atomic mass is 10.1. The number of hydrogen-bond donors (Lipinski definition) is 2. The Balaban J connectivity index is 0.000000153. The number of benzene rings is 6. The van der Waals surface area contributed by atoms with Gasteiger partial charge in [-0.3, -0.25) is 23.5 Å². The van der Waals surface area contributed by atoms with E-state index in [1.54, 1.807) is 81.9 Å². The molecule has 0 amide bonds. The van der Waals surface area contributed by atoms with Crippen LogP contribution in [-0.4, -0.2) is 153 Å². The Hall–Kier alpha value is -8.70. The molecule has 2 N–H and O–H groups in total. The zero-order chi connectivity index (χ0) is 74.0. The summed E-state index contributed by atoms with van der Waals surface area (Å²) in [7, 11) is 20.2. The van der Waals surface area contributed by atoms with E-state index in [9.17, 15) is 33.6 Å². The van der Waals surface area contributed by atoms with Gasteiger partial charge in [0.2, 0.25) is 0 Å². The number of H-pyrrole nitrogens is 1. The maximum absolute atomic E-state index is 13.4. The summed E-state index contributed by atoms with van der Waals surface area (Å²) in [5.41, 5.74) is 7.92. The van der Waals surface area contributed by atoms with Gasteiger partial charge in [-0.15, -0.1) is 0 Å². The molecule has 4 aromatic heterocycles. The average Bonchev–Trinajstić information content (AvgIpc) is 1.68. The minimum Gasteiger partial charge on any atom is -0.465 e. The van der Waals surface area contributed by atoms with Crippen LogP contribution in [0.1, 0.15) is 132 Å². The summed E-state index contributed by atoms with van der Waals surface area (Å²) < 4.78 is 22.3. The van der Waals surface area contributed by atoms with Crippen LogP contribution in [0.15, 0.2) is 148 Å². The number of aromatic nitrogens is 8. The lowest BCUT2D eigenvalue weighted by Gasteiger charge is -2.23. The number of halogens is 5. The van der Waals surface area contributed by atoms with Gasteiger partial charge in [-0.05, 0) is 170 Å². The largest absolute Gasteiger partial charge is 0.643 e. The Kier molecular flexibility index (Phi) is 28.3. The molecule has 4 aliphatic heterocycles. The molecule has 0 saturated carbocycles. The molecule has 4 saturated heterocycles. The number of carbonyl (C=O) groups excluding carboxylic acids is 4. The first-order chi connectivity index (χ1) is 49.5. The molecule has 29 heteroatoms. The molecule has 8 heterocycles. The fourth-order valence-electron chi connectivity index (χ4n) is 12.5. The molecule has 4 aliphatic rings. The summed E-state index contributed by atoms with van der Waals surface area (Å²) in [6.07, 6.45) is 9.20. The Morgan fingerprint density at radius 3 is 1.29 bits per heavy atom. The van der Waals surface area contributed by atoms with Crippen LogP contribution in [0.5, 0.6) is 0 Å². The number of aromatic amines is 1. The van der Waals surface area contributed by atoms with Crippen molar-refractivity contribution in [2.75, 3.05) is 69.3 Å². The summed E-state index contributed by atoms with van der Waals surface area (Å²) in [6, 6.07) is 41.2. The van der Waals surface area contributed by atoms with Gasteiger partial charge in [0.15, 0.2) is 27.8 Å². The van der Waals surface area contributed by atoms with E-state index in [-0.39, 0.29) is 33.8 Å². The topological polar surface area (TPSA) is 268 Å². The number of rotatable bonds is 11. The van der Waals surface area contributed by atoms with Crippen molar-refractivity contribution < 1.29 is 38.1 Å². The number of nitrogens with one attached hydrogen (secondary N) is 2. The molecule has 0 bridgehead atoms. The summed E-state index contributed by atoms with van der Waals surface area (Å²) in [5, 5.41) is 3.59. The Bertz CT molecular complexity index is 4840. The molecule has 0 radical (unpaired) electrons. The van der Waals surface area contributed by atoms with Crippen molar-refractivity contribution in [2.24, 2.45) is 0 Å². The van der Waals surface area contributed by atoms with Gasteiger partial charge in [-0.25, -0.2) is 74.2 Å². The van der Waals surface area contributed by atoms with E-state index >= 15 is 0 Å². The molecule has 14 rings (SSSR count). The quantitative estimate of drug-likeness (QED) is 0.0692. The van der Waals surface area contributed by atoms with Crippen LogP contribution in [0, 0.1) is 0 Å². The van der Waals surface area contributed by atoms with E-state index in [4.69, 9.17) is 72.3 Å². The molecule has 0 spiro atoms. The zero-order valence-corrected chi connectivity index (χ0v) is 63.3. The Morgan fingerprint density at radius 1 is 0.456 bits per heavy atom. The summed E-state index contributed by atoms with van der Waals surface area (Å²) in [5.74, 6) is -0.113. The maximum Gasteiger partial charge on any atom is 0.643 e. The van der Waals surface area contributed by atoms with E-state index in [1.807, 2.05) is 65.6 Å². The first-order valence-electron chi connectivity index (χ1n) is 33.6. The monoisotopic (exact) mass is 1510 g/mol. The van der Waals surface area contributed by atoms with Crippen molar-refractivity contribution in [2.45, 2.75) is 116 Å². The lowest BCUT2D eigenvalue weighted by Crippen LogP contribution is -2.36. The highest BCUT2D eigenvalue weighted by molar-refractivity contribution is 7.54. The van der Waals surface area contributed by atoms with E-state index in [0.29, 0.717) is 114 Å². The fraction of sp³-hybridized carbons (Fsp3) is 0.351. The molecule has 103 heavy (non-hydrogen) atoms. The number of hydrogen-bond acceptors (Lipinski definition) is 20. The van der Waals surface area contributed by atoms with Gasteiger partial charge in [0.05, 0.1) is 108 Å². The number of methoxy groups -OCH3 is 4. The van der Waals surface area contributed by atoms with Crippen molar-refractivity contribution in [3.63, 3.8) is 0 Å². The highest BCUT2D eigenvalue weighted by Crippen LogP contribution is 2.32. The first-order valence-corrected chi connectivity index (χ1v) is 39.6. The van der Waals surface area contributed by atoms with Crippen LogP contribution >= 0.6 is 53.3 Å². The molecule has 4 atom stereocenters. The molecule has 0 aliphatic carbocycles. The van der Waals surface area contributed by atoms with E-state index < -0.39 is 29.3 Å². The molecule has 10 aromatic rings. The van der Waals surface area contributed by atoms with E-state index in [1.165, 1.54) is 47.8 Å². The lowest BCUT2D eigenvalue weighted by molar-refractivity contribution is 0.0592. The van der Waals surface area contributed by atoms with Crippen molar-refractivity contribution in [1.29, 1.82) is 0 Å². The van der Waals surface area contributed by atoms with Gasteiger partial charge in [0.1, 0.15) is 0 Å². The third-order valence-electron chi connectivity index (χ3n) is 17.9. The third-order valence-corrected chi connectivity index (χ3v) is 18.4. The average molecular weight is 1520 g/mol. The second-order valence-electron chi connectivity index (χ2n) is 24.9. The molecule has 6 aromatic carbocycles. The summed E-state index contributed by atoms with van der Waals surface area (Å²) >= 11 is 10.5. The number of ether oxygens (including phenoxy) is 4. The number of fused-ring (bicyclic) bond motifs is 4. The Labute approximate surface area is 622 Å². The van der Waals surface area contributed by atoms with Gasteiger partial charge >= 0.3 is 35.3 Å². The number of nitrogens with zero attached hydrogens (tertiary/aromatic N) is 10. The molecule has 4 fully saturated rings. The van der Waals surface area contributed by atoms with Gasteiger partial charge in [0, 0.05) is 43.8 Å². The van der Waals surface area contributed by atoms with Crippen molar-refractivity contribution in [3.05, 3.63) is 208 Å². The molecule has 540 valence electrons. The predicted molar refractivity (Wildman–Crippen MR) is 409 cm³/mol. The predicted octanol–water partition coefficient (Wildman–Crippen LogP) is 13.3. The number of carbonyl (C=O) groups is 4. The van der Waals surface area contributed by atoms with E-state index in [2.05, 4.69) is 72.7 Å². The second kappa shape index (κ2) is 37.1. The minimum atomic E-state index is -1.72. The highest BCUT2D eigenvalue weighted by atomic mass is 35.8. The van der Waals surface area contributed by atoms with Crippen molar-refractivity contribution in [1.82, 2.24) is 44.4 Å². The van der Waals surface area contributed by atoms with Crippen molar-refractivity contribution >= 4 is 150 Å². The van der Waals surface area contributed by atoms with E-state index in [0.717, 1.165) is 75.3 Å². The standard InChI is InChI=1S/C22H23N3O3.C17H13ClN2O3.C15H16ClN3O2.C15H17N3O3.C5H11N.Al.3ClH/c1-15-7-6-12-24(15)20-21(26)25(14-16-8-4-3-5-9-16)19-11-10-17(22(27)28-2)13-18(19)23-20;1-23-17(22)12-7-8-14-13(9-12)19-15(18)16(21)20(14)10-11-5-3-2-4-6-11;1-9-4-3-7-19(9)14-13(16)17-11-6-5-10(15(20)21-2)8-12(11)18-14;1-9-4-3-7-18(9)13-14(19)17-11-6-5-10(15(20)21-2)8-12(11)16-13;1-5-3-2-4-6-5;;;;/h3-5,8-11,13,15H,6-7,12,14H2,1-2H3;2-9H,10H2,1H3;5-6,8-9H,3-4,7H2,1-2H3;5-6,8-9H,3-4,7H2,1-2H3,(H,17,19);5-6H,2-4H2,1H3;;3*1H/q;;;;;+3;;;/p-3/t15-;;2*9-;5-;;;;/m0.000..../s1. The summed E-state index contributed by atoms with van der Waals surface area (Å²) in [4.78, 5) is 116. The fourth-order valence-corrected chi connectivity index (χ4v) is 13.0. The number of anilines is 3. The minimum absolute atomic E-state index is 0.101. The molecule has 23 nitrogen and oxygen atoms in total. The van der Waals surface area contributed by atoms with Crippen LogP contribution in [0.3, 0.4) is 0 Å². The van der Waals surface area contributed by atoms with Crippen LogP contribution in [-0.2, 0) is 32.0 Å². The van der Waals surface area contributed by atoms with Gasteiger partial charge in [-0.2, -0.15) is 0 Å². The van der Waals surface area contributed by atoms with Crippen LogP contribution in [0.2, 0.25) is 10.3 Å². The third kappa shape index (κ3) is 20.2. The smallest absolute Gasteiger partial charge is 0.465 e. The maximum atomic E-state index is 13.4. The van der Waals surface area contributed by atoms with Crippen LogP contribution < -0.4 is 36.7 Å². The first kappa shape index (κ1) is 78.4. The Morgan fingerprint density at radius 2 is 0.854 bits per heavy atom. The van der Waals surface area contributed by atoms with Gasteiger partial charge in [0.25, 0.3) is 16.7 Å². The summed E-state index contributed by atoms with van der Waals surface area (Å²) in [6.45, 7) is 13.2. The van der Waals surface area contributed by atoms with Crippen LogP contribution in [0.4, 0.5) is 17.5 Å². The normalized spacial score (nSPS) is 16.6. The molecule has 0 unspecified atom stereocenters. The zero-order valence-electron chi connectivity index (χ0n) is 58.3. The van der Waals surface area contributed by atoms with Gasteiger partial charge in [-0.1, -0.05) is 83.9 Å². The molecular weight excluding hydrogens is 1440 g/mol. The number of esters is 4. The van der Waals surface area contributed by atoms with Crippen LogP contribution in [0.25, 0.3) is 44.1 Å². The van der Waals surface area contributed by atoms with Crippen molar-refractivity contribution in [3.8, 4) is 0 Å². The second-order valence-corrected chi connectivity index (χ2v) is 32.1. The molecular formula is C74H80AlCl5N12O11. The van der Waals surface area contributed by atoms with Gasteiger partial charge < -0.3 is 43.9 Å². The SMILES string of the molecule is COC(=O)c1ccc2[nH]c(=O)c(N3CCC[C@@H]3C)nc2c1.COC(=O)c1ccc2c(c1)nc(Cl)c(=O)n2Cc1ccccc1.COC(=O)c1ccc2c(c1)nc(N1CCC[C@@H]1C)c(=O)n2Cc1ccccc1.COC(=O)c1ccc2nc(Cl)c(N3CCC[C@@H]3C)nc2c1.C[C@H]1CCCN1.[Cl][Al]([Cl])[Cl]. The highest BCUT2D eigenvalue weighted by Gasteiger charge is 2.29.